The van der Waals surface area contributed by atoms with E-state index in [9.17, 15) is 14.4 Å². The lowest BCUT2D eigenvalue weighted by atomic mass is 10.1. The monoisotopic (exact) mass is 424 g/mol. The van der Waals surface area contributed by atoms with Gasteiger partial charge in [0.25, 0.3) is 5.91 Å². The van der Waals surface area contributed by atoms with Crippen molar-refractivity contribution in [3.05, 3.63) is 65.2 Å². The fraction of sp³-hybridized carbons (Fsp3) is 0.375. The van der Waals surface area contributed by atoms with E-state index in [4.69, 9.17) is 9.47 Å². The molecule has 2 amide bonds. The molecule has 1 fully saturated rings. The molecule has 2 aromatic rings. The number of amides is 2. The van der Waals surface area contributed by atoms with Gasteiger partial charge in [0, 0.05) is 13.1 Å². The summed E-state index contributed by atoms with van der Waals surface area (Å²) in [6, 6.07) is 14.1. The van der Waals surface area contributed by atoms with Gasteiger partial charge >= 0.3 is 5.97 Å². The molecule has 0 bridgehead atoms. The van der Waals surface area contributed by atoms with Crippen molar-refractivity contribution in [3.8, 4) is 5.75 Å². The Bertz CT molecular complexity index is 924. The van der Waals surface area contributed by atoms with Crippen molar-refractivity contribution < 1.29 is 23.9 Å². The number of rotatable bonds is 7. The lowest BCUT2D eigenvalue weighted by Gasteiger charge is -2.36. The van der Waals surface area contributed by atoms with Crippen LogP contribution in [0.25, 0.3) is 0 Å². The highest BCUT2D eigenvalue weighted by molar-refractivity contribution is 5.93. The average molecular weight is 424 g/mol. The summed E-state index contributed by atoms with van der Waals surface area (Å²) in [5.41, 5.74) is 2.71. The van der Waals surface area contributed by atoms with Gasteiger partial charge in [0.1, 0.15) is 18.4 Å². The van der Waals surface area contributed by atoms with Crippen molar-refractivity contribution in [1.82, 2.24) is 10.2 Å². The Balaban J connectivity index is 1.65. The highest BCUT2D eigenvalue weighted by Crippen LogP contribution is 2.24. The molecule has 0 aliphatic carbocycles. The third kappa shape index (κ3) is 5.63. The maximum absolute atomic E-state index is 13.1. The van der Waals surface area contributed by atoms with Crippen molar-refractivity contribution in [2.45, 2.75) is 45.9 Å². The third-order valence-corrected chi connectivity index (χ3v) is 5.27. The van der Waals surface area contributed by atoms with Crippen molar-refractivity contribution in [2.24, 2.45) is 0 Å². The van der Waals surface area contributed by atoms with E-state index < -0.39 is 18.1 Å². The van der Waals surface area contributed by atoms with Crippen LogP contribution >= 0.6 is 0 Å². The lowest BCUT2D eigenvalue weighted by Crippen LogP contribution is -2.60. The van der Waals surface area contributed by atoms with Crippen molar-refractivity contribution in [2.75, 3.05) is 13.1 Å². The minimum Gasteiger partial charge on any atom is -0.480 e. The molecule has 164 valence electrons. The van der Waals surface area contributed by atoms with Crippen LogP contribution in [0.3, 0.4) is 0 Å². The second-order valence-electron chi connectivity index (χ2n) is 7.67. The van der Waals surface area contributed by atoms with Crippen molar-refractivity contribution in [3.63, 3.8) is 0 Å². The molecule has 0 saturated carbocycles. The Hall–Kier alpha value is -3.35. The summed E-state index contributed by atoms with van der Waals surface area (Å²) in [5.74, 6) is -0.579. The number of hydrogen-bond acceptors (Lipinski definition) is 5. The van der Waals surface area contributed by atoms with Gasteiger partial charge < -0.3 is 19.7 Å². The molecule has 0 spiro atoms. The first-order chi connectivity index (χ1) is 14.9. The molecule has 1 saturated heterocycles. The summed E-state index contributed by atoms with van der Waals surface area (Å²) in [5, 5.41) is 2.72. The van der Waals surface area contributed by atoms with Gasteiger partial charge in [0.05, 0.1) is 6.42 Å². The Morgan fingerprint density at radius 3 is 2.45 bits per heavy atom. The van der Waals surface area contributed by atoms with E-state index in [0.717, 1.165) is 16.7 Å². The number of carbonyl (C=O) groups excluding carboxylic acids is 3. The predicted octanol–water partition coefficient (Wildman–Crippen LogP) is 2.53. The largest absolute Gasteiger partial charge is 0.480 e. The molecule has 0 unspecified atom stereocenters. The Labute approximate surface area is 182 Å². The molecule has 1 heterocycles. The zero-order chi connectivity index (χ0) is 22.4. The van der Waals surface area contributed by atoms with Gasteiger partial charge in [-0.1, -0.05) is 48.5 Å². The number of para-hydroxylation sites is 1. The van der Waals surface area contributed by atoms with Crippen LogP contribution < -0.4 is 10.1 Å². The first kappa shape index (κ1) is 22.3. The SMILES string of the molecule is Cc1cccc(C)c1O[C@H](C)C(=O)N1CCNC(=O)[C@H]1CC(=O)OCc1ccccc1. The third-order valence-electron chi connectivity index (χ3n) is 5.27. The maximum atomic E-state index is 13.1. The maximum Gasteiger partial charge on any atom is 0.308 e. The lowest BCUT2D eigenvalue weighted by molar-refractivity contribution is -0.154. The number of nitrogens with one attached hydrogen (secondary N) is 1. The summed E-state index contributed by atoms with van der Waals surface area (Å²) < 4.78 is 11.3. The summed E-state index contributed by atoms with van der Waals surface area (Å²) in [6.07, 6.45) is -1.01. The average Bonchev–Trinajstić information content (AvgIpc) is 2.76. The second kappa shape index (κ2) is 10.1. The van der Waals surface area contributed by atoms with Crippen LogP contribution in [0.2, 0.25) is 0 Å². The summed E-state index contributed by atoms with van der Waals surface area (Å²) in [4.78, 5) is 39.4. The molecule has 2 aromatic carbocycles. The normalized spacial score (nSPS) is 16.9. The first-order valence-corrected chi connectivity index (χ1v) is 10.4. The summed E-state index contributed by atoms with van der Waals surface area (Å²) in [7, 11) is 0. The first-order valence-electron chi connectivity index (χ1n) is 10.4. The number of hydrogen-bond donors (Lipinski definition) is 1. The van der Waals surface area contributed by atoms with Crippen LogP contribution in [0.15, 0.2) is 48.5 Å². The van der Waals surface area contributed by atoms with Crippen LogP contribution in [0.5, 0.6) is 5.75 Å². The number of carbonyl (C=O) groups is 3. The molecule has 0 aromatic heterocycles. The van der Waals surface area contributed by atoms with E-state index in [0.29, 0.717) is 18.8 Å². The van der Waals surface area contributed by atoms with E-state index in [1.807, 2.05) is 62.4 Å². The van der Waals surface area contributed by atoms with E-state index >= 15 is 0 Å². The quantitative estimate of drug-likeness (QED) is 0.691. The molecular weight excluding hydrogens is 396 g/mol. The molecule has 2 atom stereocenters. The van der Waals surface area contributed by atoms with Crippen LogP contribution in [-0.2, 0) is 25.7 Å². The van der Waals surface area contributed by atoms with Crippen molar-refractivity contribution in [1.29, 1.82) is 0 Å². The molecule has 7 nitrogen and oxygen atoms in total. The zero-order valence-electron chi connectivity index (χ0n) is 18.1. The predicted molar refractivity (Wildman–Crippen MR) is 115 cm³/mol. The minimum atomic E-state index is -0.923. The van der Waals surface area contributed by atoms with E-state index in [1.165, 1.54) is 4.90 Å². The number of esters is 1. The van der Waals surface area contributed by atoms with E-state index in [-0.39, 0.29) is 24.8 Å². The van der Waals surface area contributed by atoms with Gasteiger partial charge in [-0.2, -0.15) is 0 Å². The van der Waals surface area contributed by atoms with Gasteiger partial charge in [-0.15, -0.1) is 0 Å². The minimum absolute atomic E-state index is 0.119. The van der Waals surface area contributed by atoms with Gasteiger partial charge in [0.2, 0.25) is 5.91 Å². The van der Waals surface area contributed by atoms with E-state index in [1.54, 1.807) is 6.92 Å². The van der Waals surface area contributed by atoms with Crippen LogP contribution in [0.4, 0.5) is 0 Å². The van der Waals surface area contributed by atoms with Crippen molar-refractivity contribution >= 4 is 17.8 Å². The fourth-order valence-corrected chi connectivity index (χ4v) is 3.58. The van der Waals surface area contributed by atoms with Crippen LogP contribution in [0.1, 0.15) is 30.0 Å². The molecule has 1 aliphatic rings. The molecule has 0 radical (unpaired) electrons. The number of piperazine rings is 1. The number of aryl methyl sites for hydroxylation is 2. The van der Waals surface area contributed by atoms with E-state index in [2.05, 4.69) is 5.32 Å². The number of benzene rings is 2. The van der Waals surface area contributed by atoms with Gasteiger partial charge in [-0.05, 0) is 37.5 Å². The highest BCUT2D eigenvalue weighted by Gasteiger charge is 2.37. The van der Waals surface area contributed by atoms with Gasteiger partial charge in [-0.25, -0.2) is 0 Å². The summed E-state index contributed by atoms with van der Waals surface area (Å²) in [6.45, 7) is 6.25. The smallest absolute Gasteiger partial charge is 0.308 e. The number of nitrogens with zero attached hydrogens (tertiary/aromatic N) is 1. The van der Waals surface area contributed by atoms with Crippen LogP contribution in [-0.4, -0.2) is 47.9 Å². The molecule has 3 rings (SSSR count). The molecule has 1 N–H and O–H groups in total. The zero-order valence-corrected chi connectivity index (χ0v) is 18.1. The fourth-order valence-electron chi connectivity index (χ4n) is 3.58. The summed E-state index contributed by atoms with van der Waals surface area (Å²) >= 11 is 0. The standard InChI is InChI=1S/C24H28N2O5/c1-16-8-7-9-17(2)22(16)31-18(3)24(29)26-13-12-25-23(28)20(26)14-21(27)30-15-19-10-5-4-6-11-19/h4-11,18,20H,12-15H2,1-3H3,(H,25,28)/t18-,20-/m1/s1. The topological polar surface area (TPSA) is 84.9 Å². The van der Waals surface area contributed by atoms with Gasteiger partial charge in [0.15, 0.2) is 6.10 Å². The molecular formula is C24H28N2O5. The highest BCUT2D eigenvalue weighted by atomic mass is 16.5. The van der Waals surface area contributed by atoms with Crippen LogP contribution in [0, 0.1) is 13.8 Å². The Morgan fingerprint density at radius 1 is 1.10 bits per heavy atom. The second-order valence-corrected chi connectivity index (χ2v) is 7.67. The molecule has 31 heavy (non-hydrogen) atoms. The molecule has 1 aliphatic heterocycles. The number of ether oxygens (including phenoxy) is 2. The van der Waals surface area contributed by atoms with Gasteiger partial charge in [-0.3, -0.25) is 14.4 Å². The Morgan fingerprint density at radius 2 is 1.77 bits per heavy atom. The Kier molecular flexibility index (Phi) is 7.28. The molecule has 7 heteroatoms.